The van der Waals surface area contributed by atoms with E-state index in [9.17, 15) is 14.8 Å². The summed E-state index contributed by atoms with van der Waals surface area (Å²) in [5, 5.41) is 24.8. The monoisotopic (exact) mass is 448 g/mol. The van der Waals surface area contributed by atoms with Crippen LogP contribution in [0.25, 0.3) is 11.1 Å². The molecular weight excluding hydrogens is 416 g/mol. The van der Waals surface area contributed by atoms with Crippen molar-refractivity contribution >= 4 is 23.0 Å². The first kappa shape index (κ1) is 24.4. The molecule has 1 aliphatic rings. The van der Waals surface area contributed by atoms with E-state index in [1.54, 1.807) is 12.1 Å². The van der Waals surface area contributed by atoms with Crippen molar-refractivity contribution < 1.29 is 20.0 Å². The highest BCUT2D eigenvalue weighted by Crippen LogP contribution is 2.53. The molecule has 0 amide bonds. The maximum Gasteiger partial charge on any atom is 0.210 e. The molecule has 0 radical (unpaired) electrons. The van der Waals surface area contributed by atoms with E-state index in [1.165, 1.54) is 6.92 Å². The average Bonchev–Trinajstić information content (AvgIpc) is 3.13. The second-order valence-corrected chi connectivity index (χ2v) is 8.66. The highest BCUT2D eigenvalue weighted by Gasteiger charge is 2.41. The number of carbonyl (C=O) groups excluding carboxylic acids is 2. The van der Waals surface area contributed by atoms with Crippen molar-refractivity contribution in [3.8, 4) is 11.1 Å². The van der Waals surface area contributed by atoms with Crippen LogP contribution in [0.1, 0.15) is 98.1 Å². The number of oxime groups is 2. The van der Waals surface area contributed by atoms with E-state index in [4.69, 9.17) is 5.21 Å². The van der Waals surface area contributed by atoms with Gasteiger partial charge in [-0.2, -0.15) is 0 Å². The fourth-order valence-corrected chi connectivity index (χ4v) is 4.96. The lowest BCUT2D eigenvalue weighted by molar-refractivity contribution is 0.105. The van der Waals surface area contributed by atoms with Crippen LogP contribution in [0.4, 0.5) is 0 Å². The van der Waals surface area contributed by atoms with Crippen molar-refractivity contribution in [2.75, 3.05) is 0 Å². The van der Waals surface area contributed by atoms with Gasteiger partial charge in [0.25, 0.3) is 0 Å². The van der Waals surface area contributed by atoms with Crippen LogP contribution in [0.2, 0.25) is 0 Å². The molecule has 0 saturated heterocycles. The number of hydrogen-bond acceptors (Lipinski definition) is 6. The predicted octanol–water partition coefficient (Wildman–Crippen LogP) is 6.40. The number of nitrogens with zero attached hydrogens (tertiary/aromatic N) is 2. The van der Waals surface area contributed by atoms with Crippen LogP contribution in [0, 0.1) is 0 Å². The number of fused-ring (bicyclic) bond motifs is 3. The summed E-state index contributed by atoms with van der Waals surface area (Å²) >= 11 is 0. The van der Waals surface area contributed by atoms with Crippen molar-refractivity contribution in [1.29, 1.82) is 0 Å². The molecule has 0 bridgehead atoms. The summed E-state index contributed by atoms with van der Waals surface area (Å²) in [4.78, 5) is 25.7. The van der Waals surface area contributed by atoms with Gasteiger partial charge in [-0.1, -0.05) is 68.2 Å². The molecule has 3 rings (SSSR count). The summed E-state index contributed by atoms with van der Waals surface area (Å²) in [7, 11) is 0. The summed E-state index contributed by atoms with van der Waals surface area (Å²) in [6.45, 7) is 7.78. The van der Waals surface area contributed by atoms with Gasteiger partial charge in [0.15, 0.2) is 0 Å². The molecule has 0 aliphatic heterocycles. The molecular formula is C27H32N2O4. The zero-order valence-electron chi connectivity index (χ0n) is 19.8. The van der Waals surface area contributed by atoms with E-state index < -0.39 is 0 Å². The van der Waals surface area contributed by atoms with Gasteiger partial charge >= 0.3 is 0 Å². The predicted molar refractivity (Wildman–Crippen MR) is 130 cm³/mol. The first-order valence-corrected chi connectivity index (χ1v) is 11.7. The van der Waals surface area contributed by atoms with E-state index in [2.05, 4.69) is 31.1 Å². The lowest BCUT2D eigenvalue weighted by Gasteiger charge is -2.30. The standard InChI is InChI=1S/C27H32N2O4/c1-5-8-9-10-24(29-33)26(31)19-12-14-21-20-13-11-18(25(30)17(4)28-32)15-22(20)27(6-2,7-3)23(21)16-19/h11-16,32-33H,5-10H2,1-4H3. The molecule has 1 aliphatic carbocycles. The van der Waals surface area contributed by atoms with Crippen molar-refractivity contribution in [3.05, 3.63) is 58.7 Å². The SMILES string of the molecule is CCCCCC(=NO)C(=O)c1ccc2c(c1)C(CC)(CC)c1cc(C(=O)C(C)=NO)ccc1-2. The molecule has 6 heteroatoms. The number of Topliss-reactive ketones (excluding diaryl/α,β-unsaturated/α-hetero) is 2. The Labute approximate surface area is 195 Å². The van der Waals surface area contributed by atoms with Gasteiger partial charge in [-0.3, -0.25) is 9.59 Å². The Kier molecular flexibility index (Phi) is 7.46. The van der Waals surface area contributed by atoms with Crippen molar-refractivity contribution in [1.82, 2.24) is 0 Å². The molecule has 2 N–H and O–H groups in total. The fraction of sp³-hybridized carbons (Fsp3) is 0.407. The highest BCUT2D eigenvalue weighted by atomic mass is 16.4. The smallest absolute Gasteiger partial charge is 0.210 e. The summed E-state index contributed by atoms with van der Waals surface area (Å²) < 4.78 is 0. The molecule has 174 valence electrons. The lowest BCUT2D eigenvalue weighted by atomic mass is 9.73. The summed E-state index contributed by atoms with van der Waals surface area (Å²) in [5.74, 6) is -0.566. The Balaban J connectivity index is 2.08. The van der Waals surface area contributed by atoms with Crippen LogP contribution in [0.15, 0.2) is 46.7 Å². The normalized spacial score (nSPS) is 14.7. The number of hydrogen-bond donors (Lipinski definition) is 2. The number of unbranched alkanes of at least 4 members (excludes halogenated alkanes) is 2. The Hall–Kier alpha value is -3.28. The highest BCUT2D eigenvalue weighted by molar-refractivity contribution is 6.46. The lowest BCUT2D eigenvalue weighted by Crippen LogP contribution is -2.24. The van der Waals surface area contributed by atoms with Gasteiger partial charge in [-0.25, -0.2) is 0 Å². The van der Waals surface area contributed by atoms with Gasteiger partial charge < -0.3 is 10.4 Å². The molecule has 33 heavy (non-hydrogen) atoms. The van der Waals surface area contributed by atoms with Gasteiger partial charge in [0.2, 0.25) is 11.6 Å². The minimum Gasteiger partial charge on any atom is -0.411 e. The van der Waals surface area contributed by atoms with E-state index in [0.717, 1.165) is 54.4 Å². The van der Waals surface area contributed by atoms with E-state index in [1.807, 2.05) is 24.3 Å². The molecule has 6 nitrogen and oxygen atoms in total. The molecule has 0 spiro atoms. The topological polar surface area (TPSA) is 99.3 Å². The number of carbonyl (C=O) groups is 2. The molecule has 0 fully saturated rings. The fourth-order valence-electron chi connectivity index (χ4n) is 4.96. The molecule has 2 aromatic carbocycles. The first-order valence-electron chi connectivity index (χ1n) is 11.7. The minimum absolute atomic E-state index is 0.0378. The van der Waals surface area contributed by atoms with E-state index in [-0.39, 0.29) is 28.4 Å². The summed E-state index contributed by atoms with van der Waals surface area (Å²) in [5.41, 5.74) is 5.05. The van der Waals surface area contributed by atoms with Crippen LogP contribution in [-0.2, 0) is 5.41 Å². The molecule has 0 atom stereocenters. The van der Waals surface area contributed by atoms with Gasteiger partial charge in [-0.15, -0.1) is 0 Å². The number of benzene rings is 2. The number of ketones is 2. The van der Waals surface area contributed by atoms with Crippen LogP contribution in [0.5, 0.6) is 0 Å². The van der Waals surface area contributed by atoms with Crippen LogP contribution >= 0.6 is 0 Å². The van der Waals surface area contributed by atoms with Crippen LogP contribution in [-0.4, -0.2) is 33.4 Å². The summed E-state index contributed by atoms with van der Waals surface area (Å²) in [6.07, 6.45) is 4.84. The maximum atomic E-state index is 13.1. The minimum atomic E-state index is -0.347. The van der Waals surface area contributed by atoms with Gasteiger partial charge in [0.05, 0.1) is 0 Å². The third-order valence-electron chi connectivity index (χ3n) is 6.97. The maximum absolute atomic E-state index is 13.1. The molecule has 0 unspecified atom stereocenters. The zero-order chi connectivity index (χ0) is 24.2. The third kappa shape index (κ3) is 4.22. The Morgan fingerprint density at radius 3 is 1.82 bits per heavy atom. The van der Waals surface area contributed by atoms with E-state index in [0.29, 0.717) is 17.5 Å². The van der Waals surface area contributed by atoms with Gasteiger partial charge in [0.1, 0.15) is 11.4 Å². The first-order chi connectivity index (χ1) is 15.9. The third-order valence-corrected chi connectivity index (χ3v) is 6.97. The Morgan fingerprint density at radius 2 is 1.36 bits per heavy atom. The second kappa shape index (κ2) is 10.1. The summed E-state index contributed by atoms with van der Waals surface area (Å²) in [6, 6.07) is 11.3. The largest absolute Gasteiger partial charge is 0.411 e. The van der Waals surface area contributed by atoms with Crippen molar-refractivity contribution in [2.24, 2.45) is 10.3 Å². The molecule has 0 aromatic heterocycles. The second-order valence-electron chi connectivity index (χ2n) is 8.66. The molecule has 2 aromatic rings. The molecule has 0 saturated carbocycles. The van der Waals surface area contributed by atoms with Gasteiger partial charge in [0, 0.05) is 16.5 Å². The quantitative estimate of drug-likeness (QED) is 0.144. The zero-order valence-corrected chi connectivity index (χ0v) is 19.8. The molecule has 0 heterocycles. The van der Waals surface area contributed by atoms with Gasteiger partial charge in [-0.05, 0) is 67.0 Å². The van der Waals surface area contributed by atoms with Crippen molar-refractivity contribution in [2.45, 2.75) is 71.6 Å². The Morgan fingerprint density at radius 1 is 0.818 bits per heavy atom. The number of rotatable bonds is 10. The van der Waals surface area contributed by atoms with Crippen molar-refractivity contribution in [3.63, 3.8) is 0 Å². The Bertz CT molecular complexity index is 1130. The van der Waals surface area contributed by atoms with Crippen LogP contribution < -0.4 is 0 Å². The van der Waals surface area contributed by atoms with E-state index >= 15 is 0 Å². The average molecular weight is 449 g/mol. The van der Waals surface area contributed by atoms with Crippen LogP contribution in [0.3, 0.4) is 0 Å².